The monoisotopic (exact) mass is 443 g/mol. The predicted octanol–water partition coefficient (Wildman–Crippen LogP) is 2.98. The summed E-state index contributed by atoms with van der Waals surface area (Å²) in [4.78, 5) is 11.1. The van der Waals surface area contributed by atoms with Gasteiger partial charge in [-0.2, -0.15) is 4.98 Å². The third-order valence-electron chi connectivity index (χ3n) is 3.86. The van der Waals surface area contributed by atoms with E-state index in [1.165, 1.54) is 11.8 Å². The second-order valence-electron chi connectivity index (χ2n) is 5.86. The van der Waals surface area contributed by atoms with Crippen LogP contribution in [-0.4, -0.2) is 60.6 Å². The van der Waals surface area contributed by atoms with E-state index in [1.54, 1.807) is 7.11 Å². The van der Waals surface area contributed by atoms with E-state index >= 15 is 0 Å². The first-order chi connectivity index (χ1) is 12.7. The molecule has 0 radical (unpaired) electrons. The first kappa shape index (κ1) is 19.6. The maximum absolute atomic E-state index is 5.88. The molecule has 0 aromatic carbocycles. The Balaban J connectivity index is 1.54. The Kier molecular flexibility index (Phi) is 7.32. The molecule has 1 fully saturated rings. The zero-order valence-corrected chi connectivity index (χ0v) is 17.2. The van der Waals surface area contributed by atoms with Crippen LogP contribution in [0.1, 0.15) is 11.5 Å². The Morgan fingerprint density at radius 2 is 2.27 bits per heavy atom. The van der Waals surface area contributed by atoms with Crippen LogP contribution in [0.3, 0.4) is 0 Å². The van der Waals surface area contributed by atoms with Gasteiger partial charge in [0.1, 0.15) is 18.5 Å². The van der Waals surface area contributed by atoms with E-state index in [-0.39, 0.29) is 6.10 Å². The van der Waals surface area contributed by atoms with Gasteiger partial charge in [-0.25, -0.2) is 4.98 Å². The SMILES string of the molecule is COCc1cc(OCC2CN(Cc3ccc(Br)o3)CCO2)nc(SC)n1. The summed E-state index contributed by atoms with van der Waals surface area (Å²) in [5.41, 5.74) is 0.802. The second-order valence-corrected chi connectivity index (χ2v) is 7.42. The second kappa shape index (κ2) is 9.70. The zero-order valence-electron chi connectivity index (χ0n) is 14.8. The van der Waals surface area contributed by atoms with Crippen LogP contribution in [0, 0.1) is 0 Å². The number of nitrogens with zero attached hydrogens (tertiary/aromatic N) is 3. The number of hydrogen-bond acceptors (Lipinski definition) is 8. The fourth-order valence-corrected chi connectivity index (χ4v) is 3.43. The van der Waals surface area contributed by atoms with Crippen molar-refractivity contribution in [2.75, 3.05) is 39.7 Å². The van der Waals surface area contributed by atoms with E-state index in [2.05, 4.69) is 30.8 Å². The van der Waals surface area contributed by atoms with Crippen LogP contribution in [-0.2, 0) is 22.6 Å². The first-order valence-electron chi connectivity index (χ1n) is 8.28. The number of methoxy groups -OCH3 is 1. The number of furan rings is 1. The molecule has 1 unspecified atom stereocenters. The highest BCUT2D eigenvalue weighted by molar-refractivity contribution is 9.10. The molecule has 0 bridgehead atoms. The highest BCUT2D eigenvalue weighted by Gasteiger charge is 2.22. The average molecular weight is 444 g/mol. The molecule has 2 aromatic heterocycles. The van der Waals surface area contributed by atoms with Crippen molar-refractivity contribution in [2.24, 2.45) is 0 Å². The van der Waals surface area contributed by atoms with Crippen molar-refractivity contribution in [2.45, 2.75) is 24.4 Å². The average Bonchev–Trinajstić information content (AvgIpc) is 3.05. The molecular formula is C17H22BrN3O4S. The molecule has 26 heavy (non-hydrogen) atoms. The third-order valence-corrected chi connectivity index (χ3v) is 4.83. The van der Waals surface area contributed by atoms with Gasteiger partial charge in [0.2, 0.25) is 5.88 Å². The van der Waals surface area contributed by atoms with Crippen molar-refractivity contribution in [1.29, 1.82) is 0 Å². The molecule has 0 aliphatic carbocycles. The Morgan fingerprint density at radius 1 is 1.38 bits per heavy atom. The third kappa shape index (κ3) is 5.68. The van der Waals surface area contributed by atoms with E-state index in [0.717, 1.165) is 35.8 Å². The van der Waals surface area contributed by atoms with Crippen LogP contribution in [0.5, 0.6) is 5.88 Å². The molecule has 9 heteroatoms. The van der Waals surface area contributed by atoms with Crippen molar-refractivity contribution in [1.82, 2.24) is 14.9 Å². The number of hydrogen-bond donors (Lipinski definition) is 0. The Bertz CT molecular complexity index is 715. The van der Waals surface area contributed by atoms with E-state index in [9.17, 15) is 0 Å². The molecule has 3 rings (SSSR count). The lowest BCUT2D eigenvalue weighted by molar-refractivity contribution is -0.0525. The summed E-state index contributed by atoms with van der Waals surface area (Å²) >= 11 is 4.81. The molecule has 1 aliphatic heterocycles. The number of thioether (sulfide) groups is 1. The molecule has 3 heterocycles. The largest absolute Gasteiger partial charge is 0.475 e. The molecule has 0 spiro atoms. The summed E-state index contributed by atoms with van der Waals surface area (Å²) in [5, 5.41) is 0.670. The normalized spacial score (nSPS) is 18.2. The molecule has 2 aromatic rings. The molecule has 0 N–H and O–H groups in total. The standard InChI is InChI=1S/C17H22BrN3O4S/c1-22-10-12-7-16(20-17(19-12)26-2)24-11-14-9-21(5-6-23-14)8-13-3-4-15(18)25-13/h3-4,7,14H,5-6,8-11H2,1-2H3. The van der Waals surface area contributed by atoms with Crippen molar-refractivity contribution < 1.29 is 18.6 Å². The summed E-state index contributed by atoms with van der Waals surface area (Å²) in [6, 6.07) is 5.70. The van der Waals surface area contributed by atoms with Crippen LogP contribution >= 0.6 is 27.7 Å². The van der Waals surface area contributed by atoms with E-state index in [4.69, 9.17) is 18.6 Å². The lowest BCUT2D eigenvalue weighted by Gasteiger charge is -2.32. The van der Waals surface area contributed by atoms with E-state index in [1.807, 2.05) is 24.5 Å². The fraction of sp³-hybridized carbons (Fsp3) is 0.529. The number of ether oxygens (including phenoxy) is 3. The lowest BCUT2D eigenvalue weighted by atomic mass is 10.2. The number of aromatic nitrogens is 2. The van der Waals surface area contributed by atoms with E-state index < -0.39 is 0 Å². The van der Waals surface area contributed by atoms with Crippen LogP contribution in [0.25, 0.3) is 0 Å². The summed E-state index contributed by atoms with van der Waals surface area (Å²) in [6.45, 7) is 3.95. The Morgan fingerprint density at radius 3 is 3.00 bits per heavy atom. The topological polar surface area (TPSA) is 69.9 Å². The molecule has 0 amide bonds. The van der Waals surface area contributed by atoms with Gasteiger partial charge in [-0.05, 0) is 34.3 Å². The Hall–Kier alpha value is -1.13. The number of rotatable bonds is 8. The lowest BCUT2D eigenvalue weighted by Crippen LogP contribution is -2.44. The molecule has 7 nitrogen and oxygen atoms in total. The predicted molar refractivity (Wildman–Crippen MR) is 101 cm³/mol. The van der Waals surface area contributed by atoms with Crippen LogP contribution in [0.4, 0.5) is 0 Å². The van der Waals surface area contributed by atoms with Gasteiger partial charge < -0.3 is 18.6 Å². The highest BCUT2D eigenvalue weighted by Crippen LogP contribution is 2.19. The quantitative estimate of drug-likeness (QED) is 0.455. The first-order valence-corrected chi connectivity index (χ1v) is 10.3. The van der Waals surface area contributed by atoms with Gasteiger partial charge in [0.25, 0.3) is 0 Å². The van der Waals surface area contributed by atoms with Crippen LogP contribution < -0.4 is 4.74 Å². The zero-order chi connectivity index (χ0) is 18.4. The van der Waals surface area contributed by atoms with Gasteiger partial charge in [-0.15, -0.1) is 0 Å². The van der Waals surface area contributed by atoms with Crippen LogP contribution in [0.2, 0.25) is 0 Å². The molecule has 1 aliphatic rings. The fourth-order valence-electron chi connectivity index (χ4n) is 2.70. The minimum atomic E-state index is -0.0132. The molecular weight excluding hydrogens is 422 g/mol. The van der Waals surface area contributed by atoms with Crippen molar-refractivity contribution in [3.8, 4) is 5.88 Å². The number of morpholine rings is 1. The maximum Gasteiger partial charge on any atom is 0.217 e. The van der Waals surface area contributed by atoms with E-state index in [0.29, 0.717) is 30.9 Å². The highest BCUT2D eigenvalue weighted by atomic mass is 79.9. The van der Waals surface area contributed by atoms with Gasteiger partial charge in [0.15, 0.2) is 9.83 Å². The Labute approximate surface area is 165 Å². The summed E-state index contributed by atoms with van der Waals surface area (Å²) in [5.74, 6) is 1.48. The summed E-state index contributed by atoms with van der Waals surface area (Å²) in [7, 11) is 1.64. The molecule has 142 valence electrons. The van der Waals surface area contributed by atoms with Gasteiger partial charge in [0, 0.05) is 26.3 Å². The van der Waals surface area contributed by atoms with Crippen LogP contribution in [0.15, 0.2) is 32.4 Å². The van der Waals surface area contributed by atoms with Crippen molar-refractivity contribution in [3.05, 3.63) is 34.3 Å². The van der Waals surface area contributed by atoms with Gasteiger partial charge in [-0.3, -0.25) is 4.90 Å². The van der Waals surface area contributed by atoms with Crippen molar-refractivity contribution in [3.63, 3.8) is 0 Å². The smallest absolute Gasteiger partial charge is 0.217 e. The number of halogens is 1. The minimum absolute atomic E-state index is 0.0132. The summed E-state index contributed by atoms with van der Waals surface area (Å²) < 4.78 is 23.2. The summed E-state index contributed by atoms with van der Waals surface area (Å²) in [6.07, 6.45) is 1.92. The maximum atomic E-state index is 5.88. The van der Waals surface area contributed by atoms with Gasteiger partial charge in [-0.1, -0.05) is 11.8 Å². The molecule has 1 saturated heterocycles. The minimum Gasteiger partial charge on any atom is -0.475 e. The van der Waals surface area contributed by atoms with Gasteiger partial charge in [0.05, 0.1) is 25.5 Å². The van der Waals surface area contributed by atoms with Gasteiger partial charge >= 0.3 is 0 Å². The van der Waals surface area contributed by atoms with Crippen molar-refractivity contribution >= 4 is 27.7 Å². The molecule has 0 saturated carbocycles. The molecule has 1 atom stereocenters.